The number of halogens is 3. The lowest BCUT2D eigenvalue weighted by Gasteiger charge is -2.26. The highest BCUT2D eigenvalue weighted by molar-refractivity contribution is 6.52. The summed E-state index contributed by atoms with van der Waals surface area (Å²) >= 11 is 12.3. The maximum Gasteiger partial charge on any atom is 0.300 e. The van der Waals surface area contributed by atoms with Crippen LogP contribution in [0.5, 0.6) is 5.75 Å². The number of aliphatic hydroxyl groups is 1. The lowest BCUT2D eigenvalue weighted by atomic mass is 9.94. The molecule has 1 fully saturated rings. The molecule has 4 rings (SSSR count). The van der Waals surface area contributed by atoms with Crippen LogP contribution in [0.25, 0.3) is 5.76 Å². The van der Waals surface area contributed by atoms with E-state index in [9.17, 15) is 19.1 Å². The van der Waals surface area contributed by atoms with Crippen molar-refractivity contribution in [3.8, 4) is 5.75 Å². The number of benzene rings is 3. The maximum absolute atomic E-state index is 15.0. The van der Waals surface area contributed by atoms with E-state index >= 15 is 0 Å². The lowest BCUT2D eigenvalue weighted by Crippen LogP contribution is -2.29. The zero-order valence-corrected chi connectivity index (χ0v) is 19.8. The zero-order chi connectivity index (χ0) is 24.6. The molecule has 1 saturated heterocycles. The average Bonchev–Trinajstić information content (AvgIpc) is 3.03. The molecule has 34 heavy (non-hydrogen) atoms. The Morgan fingerprint density at radius 3 is 2.32 bits per heavy atom. The molecule has 0 aliphatic carbocycles. The molecule has 3 aromatic carbocycles. The van der Waals surface area contributed by atoms with E-state index < -0.39 is 29.3 Å². The Morgan fingerprint density at radius 1 is 1.00 bits per heavy atom. The van der Waals surface area contributed by atoms with Crippen molar-refractivity contribution < 1.29 is 23.8 Å². The second-order valence-electron chi connectivity index (χ2n) is 8.01. The quantitative estimate of drug-likeness (QED) is 0.245. The van der Waals surface area contributed by atoms with Crippen molar-refractivity contribution in [2.24, 2.45) is 0 Å². The molecular weight excluding hydrogens is 480 g/mol. The molecule has 1 heterocycles. The van der Waals surface area contributed by atoms with Gasteiger partial charge in [0, 0.05) is 26.9 Å². The van der Waals surface area contributed by atoms with Crippen molar-refractivity contribution in [1.82, 2.24) is 0 Å². The Kier molecular flexibility index (Phi) is 6.64. The van der Waals surface area contributed by atoms with Gasteiger partial charge in [0.2, 0.25) is 0 Å². The third-order valence-corrected chi connectivity index (χ3v) is 5.69. The normalized spacial score (nSPS) is 17.5. The molecule has 1 unspecified atom stereocenters. The second-order valence-corrected chi connectivity index (χ2v) is 8.89. The van der Waals surface area contributed by atoms with Crippen molar-refractivity contribution in [2.45, 2.75) is 26.0 Å². The fourth-order valence-corrected chi connectivity index (χ4v) is 4.43. The summed E-state index contributed by atoms with van der Waals surface area (Å²) in [5.41, 5.74) is 0.229. The summed E-state index contributed by atoms with van der Waals surface area (Å²) in [5, 5.41) is 11.7. The SMILES string of the molecule is CC(C)Oc1cccc(/C(O)=C2\C(=O)C(=O)N(c3cc(Cl)cc(Cl)c3)C2c2ccccc2F)c1. The molecular formula is C26H20Cl2FNO4. The molecule has 174 valence electrons. The highest BCUT2D eigenvalue weighted by Crippen LogP contribution is 2.44. The zero-order valence-electron chi connectivity index (χ0n) is 18.3. The van der Waals surface area contributed by atoms with Gasteiger partial charge in [0.05, 0.1) is 17.7 Å². The van der Waals surface area contributed by atoms with Crippen LogP contribution in [0.15, 0.2) is 72.3 Å². The van der Waals surface area contributed by atoms with E-state index in [0.717, 1.165) is 4.90 Å². The highest BCUT2D eigenvalue weighted by atomic mass is 35.5. The Bertz CT molecular complexity index is 1300. The van der Waals surface area contributed by atoms with Crippen LogP contribution >= 0.6 is 23.2 Å². The van der Waals surface area contributed by atoms with E-state index in [2.05, 4.69) is 0 Å². The summed E-state index contributed by atoms with van der Waals surface area (Å²) < 4.78 is 20.6. The van der Waals surface area contributed by atoms with Gasteiger partial charge in [-0.2, -0.15) is 0 Å². The van der Waals surface area contributed by atoms with E-state index in [1.54, 1.807) is 30.3 Å². The van der Waals surface area contributed by atoms with Crippen LogP contribution < -0.4 is 9.64 Å². The highest BCUT2D eigenvalue weighted by Gasteiger charge is 2.48. The van der Waals surface area contributed by atoms with Crippen LogP contribution in [0.2, 0.25) is 10.0 Å². The smallest absolute Gasteiger partial charge is 0.300 e. The fraction of sp³-hybridized carbons (Fsp3) is 0.154. The van der Waals surface area contributed by atoms with E-state index in [4.69, 9.17) is 27.9 Å². The molecule has 1 amide bonds. The molecule has 0 bridgehead atoms. The van der Waals surface area contributed by atoms with Gasteiger partial charge in [-0.25, -0.2) is 4.39 Å². The Balaban J connectivity index is 1.95. The van der Waals surface area contributed by atoms with E-state index in [1.807, 2.05) is 13.8 Å². The van der Waals surface area contributed by atoms with Crippen LogP contribution in [0.4, 0.5) is 10.1 Å². The Labute approximate surface area is 206 Å². The summed E-state index contributed by atoms with van der Waals surface area (Å²) in [4.78, 5) is 27.5. The number of anilines is 1. The maximum atomic E-state index is 15.0. The Morgan fingerprint density at radius 2 is 1.68 bits per heavy atom. The standard InChI is InChI=1S/C26H20Cl2FNO4/c1-14(2)34-19-7-5-6-15(10-19)24(31)22-23(20-8-3-4-9-21(20)29)30(26(33)25(22)32)18-12-16(27)11-17(28)13-18/h3-14,23,31H,1-2H3/b24-22+. The van der Waals surface area contributed by atoms with Gasteiger partial charge in [0.15, 0.2) is 0 Å². The summed E-state index contributed by atoms with van der Waals surface area (Å²) in [7, 11) is 0. The number of carbonyl (C=O) groups excluding carboxylic acids is 2. The number of ketones is 1. The van der Waals surface area contributed by atoms with Gasteiger partial charge in [-0.15, -0.1) is 0 Å². The lowest BCUT2D eigenvalue weighted by molar-refractivity contribution is -0.132. The molecule has 0 radical (unpaired) electrons. The summed E-state index contributed by atoms with van der Waals surface area (Å²) in [6.07, 6.45) is -0.117. The predicted molar refractivity (Wildman–Crippen MR) is 130 cm³/mol. The first-order valence-electron chi connectivity index (χ1n) is 10.5. The molecule has 1 aliphatic rings. The summed E-state index contributed by atoms with van der Waals surface area (Å²) in [6.45, 7) is 3.71. The van der Waals surface area contributed by atoms with E-state index in [0.29, 0.717) is 5.75 Å². The van der Waals surface area contributed by atoms with E-state index in [-0.39, 0.29) is 38.5 Å². The van der Waals surface area contributed by atoms with Gasteiger partial charge in [0.1, 0.15) is 17.3 Å². The molecule has 0 aromatic heterocycles. The van der Waals surface area contributed by atoms with Crippen molar-refractivity contribution in [3.63, 3.8) is 0 Å². The minimum absolute atomic E-state index is 0.0360. The van der Waals surface area contributed by atoms with Crippen LogP contribution in [0.3, 0.4) is 0 Å². The molecule has 1 N–H and O–H groups in total. The van der Waals surface area contributed by atoms with Crippen molar-refractivity contribution >= 4 is 46.3 Å². The van der Waals surface area contributed by atoms with Gasteiger partial charge in [-0.05, 0) is 50.2 Å². The molecule has 1 atom stereocenters. The summed E-state index contributed by atoms with van der Waals surface area (Å²) in [5.74, 6) is -2.52. The van der Waals surface area contributed by atoms with E-state index in [1.165, 1.54) is 36.4 Å². The monoisotopic (exact) mass is 499 g/mol. The molecule has 1 aliphatic heterocycles. The first kappa shape index (κ1) is 23.8. The number of hydrogen-bond donors (Lipinski definition) is 1. The molecule has 8 heteroatoms. The third kappa shape index (κ3) is 4.52. The minimum atomic E-state index is -1.24. The van der Waals surface area contributed by atoms with Crippen LogP contribution in [0.1, 0.15) is 31.0 Å². The number of nitrogens with zero attached hydrogens (tertiary/aromatic N) is 1. The van der Waals surface area contributed by atoms with Crippen LogP contribution in [-0.4, -0.2) is 22.9 Å². The fourth-order valence-electron chi connectivity index (χ4n) is 3.91. The number of carbonyl (C=O) groups is 2. The van der Waals surface area contributed by atoms with Gasteiger partial charge in [-0.1, -0.05) is 53.5 Å². The number of amides is 1. The number of ether oxygens (including phenoxy) is 1. The first-order valence-corrected chi connectivity index (χ1v) is 11.2. The minimum Gasteiger partial charge on any atom is -0.507 e. The van der Waals surface area contributed by atoms with Crippen LogP contribution in [-0.2, 0) is 9.59 Å². The summed E-state index contributed by atoms with van der Waals surface area (Å²) in [6, 6.07) is 15.4. The first-order chi connectivity index (χ1) is 16.2. The number of Topliss-reactive ketones (excluding diaryl/α,β-unsaturated/α-hetero) is 1. The largest absolute Gasteiger partial charge is 0.507 e. The van der Waals surface area contributed by atoms with Gasteiger partial charge < -0.3 is 9.84 Å². The molecule has 3 aromatic rings. The second kappa shape index (κ2) is 9.49. The van der Waals surface area contributed by atoms with Gasteiger partial charge in [0.25, 0.3) is 11.7 Å². The van der Waals surface area contributed by atoms with Crippen LogP contribution in [0, 0.1) is 5.82 Å². The van der Waals surface area contributed by atoms with Crippen molar-refractivity contribution in [1.29, 1.82) is 0 Å². The number of rotatable bonds is 5. The predicted octanol–water partition coefficient (Wildman–Crippen LogP) is 6.55. The molecule has 5 nitrogen and oxygen atoms in total. The molecule has 0 saturated carbocycles. The molecule has 0 spiro atoms. The third-order valence-electron chi connectivity index (χ3n) is 5.25. The number of aliphatic hydroxyl groups excluding tert-OH is 1. The van der Waals surface area contributed by atoms with Crippen molar-refractivity contribution in [3.05, 3.63) is 99.3 Å². The van der Waals surface area contributed by atoms with Gasteiger partial charge >= 0.3 is 0 Å². The average molecular weight is 500 g/mol. The number of hydrogen-bond acceptors (Lipinski definition) is 4. The topological polar surface area (TPSA) is 66.8 Å². The van der Waals surface area contributed by atoms with Crippen molar-refractivity contribution in [2.75, 3.05) is 4.90 Å². The Hall–Kier alpha value is -3.35. The van der Waals surface area contributed by atoms with Gasteiger partial charge in [-0.3, -0.25) is 14.5 Å².